The van der Waals surface area contributed by atoms with E-state index in [1.54, 1.807) is 25.4 Å². The number of carbonyl (C=O) groups is 2. The van der Waals surface area contributed by atoms with Crippen molar-refractivity contribution in [3.63, 3.8) is 0 Å². The Morgan fingerprint density at radius 3 is 2.71 bits per heavy atom. The monoisotopic (exact) mass is 523 g/mol. The van der Waals surface area contributed by atoms with Crippen molar-refractivity contribution < 1.29 is 23.1 Å². The molecular formula is C28H31F2N5O3. The highest BCUT2D eigenvalue weighted by Gasteiger charge is 2.39. The second-order valence-corrected chi connectivity index (χ2v) is 9.64. The molecule has 4 rings (SSSR count). The van der Waals surface area contributed by atoms with Crippen LogP contribution in [0.3, 0.4) is 0 Å². The molecule has 0 saturated heterocycles. The van der Waals surface area contributed by atoms with Crippen molar-refractivity contribution in [3.05, 3.63) is 76.7 Å². The first-order chi connectivity index (χ1) is 18.2. The number of nitrogens with two attached hydrogens (primary N) is 1. The number of aldehydes is 1. The number of amides is 1. The van der Waals surface area contributed by atoms with Gasteiger partial charge in [0.2, 0.25) is 0 Å². The van der Waals surface area contributed by atoms with Crippen LogP contribution in [-0.4, -0.2) is 48.6 Å². The molecule has 1 fully saturated rings. The van der Waals surface area contributed by atoms with Crippen LogP contribution in [0.4, 0.5) is 19.3 Å². The highest BCUT2D eigenvalue weighted by atomic mass is 19.1. The van der Waals surface area contributed by atoms with Gasteiger partial charge in [-0.2, -0.15) is 0 Å². The van der Waals surface area contributed by atoms with Crippen LogP contribution in [0.25, 0.3) is 11.3 Å². The summed E-state index contributed by atoms with van der Waals surface area (Å²) in [6.45, 7) is 1.75. The van der Waals surface area contributed by atoms with E-state index < -0.39 is 29.8 Å². The zero-order valence-electron chi connectivity index (χ0n) is 21.5. The molecule has 0 radical (unpaired) electrons. The maximum absolute atomic E-state index is 15.4. The number of carbonyl (C=O) groups excluding carboxylic acids is 2. The van der Waals surface area contributed by atoms with Gasteiger partial charge >= 0.3 is 6.09 Å². The summed E-state index contributed by atoms with van der Waals surface area (Å²) in [6.07, 6.45) is 4.82. The first kappa shape index (κ1) is 27.1. The lowest BCUT2D eigenvalue weighted by molar-refractivity contribution is 0.111. The first-order valence-corrected chi connectivity index (χ1v) is 12.4. The number of hydrogen-bond donors (Lipinski definition) is 3. The van der Waals surface area contributed by atoms with Gasteiger partial charge in [-0.05, 0) is 79.0 Å². The minimum Gasteiger partial charge on any atom is -0.453 e. The number of anilines is 1. The number of pyridine rings is 2. The molecule has 1 amide bonds. The summed E-state index contributed by atoms with van der Waals surface area (Å²) in [5.74, 6) is -1.60. The number of ether oxygens (including phenoxy) is 1. The van der Waals surface area contributed by atoms with Gasteiger partial charge in [0.15, 0.2) is 6.29 Å². The number of methoxy groups -OCH3 is 1. The second kappa shape index (κ2) is 11.6. The van der Waals surface area contributed by atoms with E-state index in [-0.39, 0.29) is 35.2 Å². The number of hydrogen-bond acceptors (Lipinski definition) is 7. The van der Waals surface area contributed by atoms with E-state index in [1.807, 2.05) is 13.1 Å². The highest BCUT2D eigenvalue weighted by molar-refractivity contribution is 5.75. The molecule has 0 aliphatic heterocycles. The fourth-order valence-electron chi connectivity index (χ4n) is 5.51. The highest BCUT2D eigenvalue weighted by Crippen LogP contribution is 2.41. The minimum absolute atomic E-state index is 0.00501. The Bertz CT molecular complexity index is 1340. The van der Waals surface area contributed by atoms with Gasteiger partial charge in [0.05, 0.1) is 25.0 Å². The number of alkyl carbamates (subject to hydrolysis) is 1. The molecule has 4 unspecified atom stereocenters. The summed E-state index contributed by atoms with van der Waals surface area (Å²) in [4.78, 5) is 31.8. The maximum atomic E-state index is 15.4. The van der Waals surface area contributed by atoms with E-state index >= 15 is 4.39 Å². The van der Waals surface area contributed by atoms with Gasteiger partial charge in [-0.15, -0.1) is 0 Å². The van der Waals surface area contributed by atoms with Crippen molar-refractivity contribution in [2.24, 2.45) is 11.7 Å². The molecule has 1 aliphatic carbocycles. The summed E-state index contributed by atoms with van der Waals surface area (Å²) in [6, 6.07) is 6.47. The van der Waals surface area contributed by atoms with Gasteiger partial charge < -0.3 is 21.1 Å². The standard InChI is InChI=1S/C28H31F2N5O3/c1-15-8-17(25(22(30)9-15)27-21(29)5-4-19(14-36)34-27)11-18-10-16(20-6-7-33-13-24(20)32-2)12-23(31)26(18)35-28(37)38-3/h4-9,13-14,16,18,23,26,32H,10-12,31H2,1-3H3,(H,35,37). The van der Waals surface area contributed by atoms with E-state index in [1.165, 1.54) is 19.2 Å². The Kier molecular flexibility index (Phi) is 8.31. The van der Waals surface area contributed by atoms with Crippen LogP contribution >= 0.6 is 0 Å². The van der Waals surface area contributed by atoms with Gasteiger partial charge in [0.25, 0.3) is 0 Å². The SMILES string of the molecule is CNc1cnccc1C1CC(N)C(NC(=O)OC)C(Cc2cc(C)cc(F)c2-c2nc(C=O)ccc2F)C1. The van der Waals surface area contributed by atoms with Crippen molar-refractivity contribution in [2.75, 3.05) is 19.5 Å². The van der Waals surface area contributed by atoms with Crippen LogP contribution in [0, 0.1) is 24.5 Å². The quantitative estimate of drug-likeness (QED) is 0.394. The predicted octanol–water partition coefficient (Wildman–Crippen LogP) is 4.37. The third kappa shape index (κ3) is 5.65. The van der Waals surface area contributed by atoms with Crippen LogP contribution in [0.5, 0.6) is 0 Å². The largest absolute Gasteiger partial charge is 0.453 e. The van der Waals surface area contributed by atoms with Crippen molar-refractivity contribution in [3.8, 4) is 11.3 Å². The zero-order valence-corrected chi connectivity index (χ0v) is 21.5. The second-order valence-electron chi connectivity index (χ2n) is 9.64. The number of aryl methyl sites for hydroxylation is 1. The molecule has 38 heavy (non-hydrogen) atoms. The molecule has 2 aromatic heterocycles. The molecule has 8 nitrogen and oxygen atoms in total. The molecule has 0 bridgehead atoms. The van der Waals surface area contributed by atoms with Crippen LogP contribution < -0.4 is 16.4 Å². The van der Waals surface area contributed by atoms with E-state index in [2.05, 4.69) is 20.6 Å². The number of nitrogens with one attached hydrogen (secondary N) is 2. The molecule has 3 aromatic rings. The Balaban J connectivity index is 1.79. The lowest BCUT2D eigenvalue weighted by Crippen LogP contribution is -2.55. The third-order valence-electron chi connectivity index (χ3n) is 7.17. The van der Waals surface area contributed by atoms with Gasteiger partial charge in [-0.3, -0.25) is 9.78 Å². The number of rotatable bonds is 7. The van der Waals surface area contributed by atoms with Crippen LogP contribution in [0.1, 0.15) is 45.9 Å². The molecule has 1 aliphatic rings. The summed E-state index contributed by atoms with van der Waals surface area (Å²) in [5, 5.41) is 6.03. The molecule has 1 saturated carbocycles. The summed E-state index contributed by atoms with van der Waals surface area (Å²) in [7, 11) is 3.10. The number of nitrogens with zero attached hydrogens (tertiary/aromatic N) is 2. The van der Waals surface area contributed by atoms with E-state index in [4.69, 9.17) is 10.5 Å². The molecular weight excluding hydrogens is 492 g/mol. The normalized spacial score (nSPS) is 21.0. The van der Waals surface area contributed by atoms with Gasteiger partial charge in [-0.25, -0.2) is 18.6 Å². The number of aromatic nitrogens is 2. The zero-order chi connectivity index (χ0) is 27.4. The van der Waals surface area contributed by atoms with Crippen molar-refractivity contribution in [1.29, 1.82) is 0 Å². The fourth-order valence-corrected chi connectivity index (χ4v) is 5.51. The number of benzene rings is 1. The Morgan fingerprint density at radius 2 is 2.00 bits per heavy atom. The average molecular weight is 524 g/mol. The fraction of sp³-hybridized carbons (Fsp3) is 0.357. The van der Waals surface area contributed by atoms with Crippen LogP contribution in [-0.2, 0) is 11.2 Å². The molecule has 10 heteroatoms. The van der Waals surface area contributed by atoms with E-state index in [0.717, 1.165) is 17.3 Å². The van der Waals surface area contributed by atoms with E-state index in [9.17, 15) is 14.0 Å². The molecule has 4 atom stereocenters. The van der Waals surface area contributed by atoms with Gasteiger partial charge in [0, 0.05) is 24.8 Å². The Labute approximate surface area is 220 Å². The van der Waals surface area contributed by atoms with Gasteiger partial charge in [0.1, 0.15) is 23.0 Å². The van der Waals surface area contributed by atoms with Crippen LogP contribution in [0.2, 0.25) is 0 Å². The minimum atomic E-state index is -0.738. The Hall–Kier alpha value is -3.92. The van der Waals surface area contributed by atoms with Gasteiger partial charge in [-0.1, -0.05) is 6.07 Å². The predicted molar refractivity (Wildman–Crippen MR) is 140 cm³/mol. The van der Waals surface area contributed by atoms with Crippen molar-refractivity contribution in [1.82, 2.24) is 15.3 Å². The molecule has 0 spiro atoms. The van der Waals surface area contributed by atoms with Crippen molar-refractivity contribution >= 4 is 18.1 Å². The lowest BCUT2D eigenvalue weighted by atomic mass is 9.70. The first-order valence-electron chi connectivity index (χ1n) is 12.4. The summed E-state index contributed by atoms with van der Waals surface area (Å²) < 4.78 is 35.2. The van der Waals surface area contributed by atoms with Crippen molar-refractivity contribution in [2.45, 2.75) is 44.2 Å². The van der Waals surface area contributed by atoms with E-state index in [0.29, 0.717) is 30.3 Å². The molecule has 2 heterocycles. The summed E-state index contributed by atoms with van der Waals surface area (Å²) >= 11 is 0. The molecule has 200 valence electrons. The molecule has 4 N–H and O–H groups in total. The third-order valence-corrected chi connectivity index (χ3v) is 7.17. The number of halogens is 2. The average Bonchev–Trinajstić information content (AvgIpc) is 2.90. The smallest absolute Gasteiger partial charge is 0.407 e. The Morgan fingerprint density at radius 1 is 1.21 bits per heavy atom. The van der Waals surface area contributed by atoms with Crippen LogP contribution in [0.15, 0.2) is 42.7 Å². The maximum Gasteiger partial charge on any atom is 0.407 e. The molecule has 1 aromatic carbocycles. The lowest BCUT2D eigenvalue weighted by Gasteiger charge is -2.41. The summed E-state index contributed by atoms with van der Waals surface area (Å²) in [5.41, 5.74) is 9.45. The topological polar surface area (TPSA) is 119 Å².